The van der Waals surface area contributed by atoms with Gasteiger partial charge in [-0.2, -0.15) is 5.10 Å². The molecule has 0 unspecified atom stereocenters. The van der Waals surface area contributed by atoms with E-state index >= 15 is 0 Å². The van der Waals surface area contributed by atoms with Crippen LogP contribution in [0.1, 0.15) is 70.1 Å². The minimum atomic E-state index is -1.56. The molecule has 7 N–H and O–H groups in total. The number of aliphatic hydroxyl groups excluding tert-OH is 3. The molecule has 5 rings (SSSR count). The van der Waals surface area contributed by atoms with Gasteiger partial charge in [0.15, 0.2) is 5.82 Å². The van der Waals surface area contributed by atoms with Gasteiger partial charge in [-0.05, 0) is 78.6 Å². The maximum Gasteiger partial charge on any atom is 0.286 e. The first-order valence-electron chi connectivity index (χ1n) is 15.2. The van der Waals surface area contributed by atoms with Gasteiger partial charge < -0.3 is 31.1 Å². The van der Waals surface area contributed by atoms with Gasteiger partial charge in [0, 0.05) is 12.1 Å². The largest absolute Gasteiger partial charge is 0.393 e. The molecule has 0 bridgehead atoms. The van der Waals surface area contributed by atoms with Gasteiger partial charge in [-0.25, -0.2) is 9.37 Å². The van der Waals surface area contributed by atoms with Crippen LogP contribution in [0.25, 0.3) is 0 Å². The fourth-order valence-corrected chi connectivity index (χ4v) is 5.75. The molecular weight excluding hydrogens is 593 g/mol. The van der Waals surface area contributed by atoms with Gasteiger partial charge in [0.2, 0.25) is 11.7 Å². The average Bonchev–Trinajstić information content (AvgIpc) is 3.56. The molecule has 0 aliphatic carbocycles. The maximum atomic E-state index is 13.6. The Bertz CT molecular complexity index is 1620. The molecule has 2 heterocycles. The van der Waals surface area contributed by atoms with E-state index in [9.17, 15) is 34.4 Å². The van der Waals surface area contributed by atoms with Crippen molar-refractivity contribution in [2.75, 3.05) is 18.1 Å². The highest BCUT2D eigenvalue weighted by atomic mass is 19.1. The number of benzene rings is 3. The Labute approximate surface area is 265 Å². The number of β-lactam (4-membered cyclic amide) rings is 1. The van der Waals surface area contributed by atoms with Crippen LogP contribution in [0, 0.1) is 11.7 Å². The lowest BCUT2D eigenvalue weighted by Gasteiger charge is -2.48. The number of H-pyrrole nitrogens is 1. The SMILES string of the molecule is NC(=O)c1nc(CCc2ccc(N3C(=O)[C@H](CC[C@H](O)c4ccc(F)cc4)[C@H]3c3ccc(CCC(O)(CO)CO)cc3)cc2)n[nH]1. The molecule has 1 aliphatic rings. The van der Waals surface area contributed by atoms with Crippen LogP contribution >= 0.6 is 0 Å². The molecule has 0 radical (unpaired) electrons. The number of aromatic amines is 1. The summed E-state index contributed by atoms with van der Waals surface area (Å²) in [6.07, 6.45) is 1.63. The number of nitrogens with zero attached hydrogens (tertiary/aromatic N) is 3. The quantitative estimate of drug-likeness (QED) is 0.108. The Kier molecular flexibility index (Phi) is 10.2. The molecule has 1 aromatic heterocycles. The maximum absolute atomic E-state index is 13.6. The first kappa shape index (κ1) is 32.9. The van der Waals surface area contributed by atoms with E-state index < -0.39 is 30.8 Å². The lowest BCUT2D eigenvalue weighted by molar-refractivity contribution is -0.131. The van der Waals surface area contributed by atoms with Gasteiger partial charge in [0.05, 0.1) is 31.3 Å². The van der Waals surface area contributed by atoms with Gasteiger partial charge in [-0.15, -0.1) is 0 Å². The van der Waals surface area contributed by atoms with Crippen LogP contribution in [0.3, 0.4) is 0 Å². The predicted molar refractivity (Wildman–Crippen MR) is 167 cm³/mol. The van der Waals surface area contributed by atoms with Crippen molar-refractivity contribution in [3.63, 3.8) is 0 Å². The average molecular weight is 632 g/mol. The Morgan fingerprint density at radius 1 is 0.957 bits per heavy atom. The number of aromatic nitrogens is 3. The summed E-state index contributed by atoms with van der Waals surface area (Å²) in [6, 6.07) is 20.7. The number of aliphatic hydroxyl groups is 4. The van der Waals surface area contributed by atoms with Crippen LogP contribution in [-0.2, 0) is 24.1 Å². The topological polar surface area (TPSA) is 186 Å². The zero-order valence-electron chi connectivity index (χ0n) is 25.2. The van der Waals surface area contributed by atoms with Crippen LogP contribution in [0.5, 0.6) is 0 Å². The number of hydrogen-bond donors (Lipinski definition) is 6. The van der Waals surface area contributed by atoms with Crippen molar-refractivity contribution in [1.82, 2.24) is 15.2 Å². The Morgan fingerprint density at radius 2 is 1.59 bits per heavy atom. The van der Waals surface area contributed by atoms with Gasteiger partial charge in [-0.1, -0.05) is 48.5 Å². The molecule has 1 saturated heterocycles. The summed E-state index contributed by atoms with van der Waals surface area (Å²) < 4.78 is 13.4. The first-order chi connectivity index (χ1) is 22.1. The number of amides is 2. The third-order valence-corrected chi connectivity index (χ3v) is 8.63. The highest BCUT2D eigenvalue weighted by Gasteiger charge is 2.48. The second kappa shape index (κ2) is 14.3. The minimum absolute atomic E-state index is 0.0114. The van der Waals surface area contributed by atoms with Crippen LogP contribution in [0.15, 0.2) is 72.8 Å². The van der Waals surface area contributed by atoms with E-state index in [1.54, 1.807) is 17.0 Å². The predicted octanol–water partition coefficient (Wildman–Crippen LogP) is 2.69. The third kappa shape index (κ3) is 7.48. The summed E-state index contributed by atoms with van der Waals surface area (Å²) in [5, 5.41) is 46.3. The Morgan fingerprint density at radius 3 is 2.20 bits per heavy atom. The van der Waals surface area contributed by atoms with Crippen molar-refractivity contribution >= 4 is 17.5 Å². The highest BCUT2D eigenvalue weighted by Crippen LogP contribution is 2.46. The molecule has 2 amide bonds. The molecule has 242 valence electrons. The molecular formula is C34H38FN5O6. The van der Waals surface area contributed by atoms with Gasteiger partial charge in [-0.3, -0.25) is 14.7 Å². The lowest BCUT2D eigenvalue weighted by Crippen LogP contribution is -2.55. The van der Waals surface area contributed by atoms with E-state index in [1.807, 2.05) is 48.5 Å². The third-order valence-electron chi connectivity index (χ3n) is 8.63. The lowest BCUT2D eigenvalue weighted by atomic mass is 9.78. The number of carbonyl (C=O) groups excluding carboxylic acids is 2. The normalized spacial score (nSPS) is 17.2. The summed E-state index contributed by atoms with van der Waals surface area (Å²) in [4.78, 5) is 30.7. The number of aryl methyl sites for hydroxylation is 3. The number of anilines is 1. The zero-order valence-corrected chi connectivity index (χ0v) is 25.2. The zero-order chi connectivity index (χ0) is 32.8. The second-order valence-corrected chi connectivity index (χ2v) is 11.8. The van der Waals surface area contributed by atoms with Crippen molar-refractivity contribution in [2.24, 2.45) is 11.7 Å². The number of nitrogens with one attached hydrogen (secondary N) is 1. The fourth-order valence-electron chi connectivity index (χ4n) is 5.75. The van der Waals surface area contributed by atoms with E-state index in [0.717, 1.165) is 22.4 Å². The Hall–Kier alpha value is -4.49. The highest BCUT2D eigenvalue weighted by molar-refractivity contribution is 6.03. The molecule has 12 heteroatoms. The van der Waals surface area contributed by atoms with Crippen LogP contribution in [0.4, 0.5) is 10.1 Å². The summed E-state index contributed by atoms with van der Waals surface area (Å²) in [5.41, 5.74) is 7.79. The van der Waals surface area contributed by atoms with Gasteiger partial charge in [0.25, 0.3) is 5.91 Å². The van der Waals surface area contributed by atoms with Gasteiger partial charge in [0.1, 0.15) is 11.4 Å². The summed E-state index contributed by atoms with van der Waals surface area (Å²) in [6.45, 7) is -1.08. The number of nitrogens with two attached hydrogens (primary N) is 1. The molecule has 0 spiro atoms. The van der Waals surface area contributed by atoms with E-state index in [1.165, 1.54) is 12.1 Å². The van der Waals surface area contributed by atoms with Crippen LogP contribution < -0.4 is 10.6 Å². The molecule has 3 atom stereocenters. The van der Waals surface area contributed by atoms with Crippen molar-refractivity contribution in [3.05, 3.63) is 113 Å². The Balaban J connectivity index is 1.31. The van der Waals surface area contributed by atoms with E-state index in [2.05, 4.69) is 15.2 Å². The first-order valence-corrected chi connectivity index (χ1v) is 15.2. The number of rotatable bonds is 15. The minimum Gasteiger partial charge on any atom is -0.393 e. The molecule has 0 saturated carbocycles. The molecule has 3 aromatic carbocycles. The number of halogens is 1. The molecule has 1 aliphatic heterocycles. The monoisotopic (exact) mass is 631 g/mol. The number of hydrogen-bond acceptors (Lipinski definition) is 8. The van der Waals surface area contributed by atoms with Crippen molar-refractivity contribution < 1.29 is 34.4 Å². The molecule has 4 aromatic rings. The number of primary amides is 1. The van der Waals surface area contributed by atoms with Crippen molar-refractivity contribution in [3.8, 4) is 0 Å². The smallest absolute Gasteiger partial charge is 0.286 e. The number of carbonyl (C=O) groups is 2. The molecule has 1 fully saturated rings. The molecule has 46 heavy (non-hydrogen) atoms. The summed E-state index contributed by atoms with van der Waals surface area (Å²) >= 11 is 0. The summed E-state index contributed by atoms with van der Waals surface area (Å²) in [5.74, 6) is -1.03. The van der Waals surface area contributed by atoms with E-state index in [-0.39, 0.29) is 35.9 Å². The summed E-state index contributed by atoms with van der Waals surface area (Å²) in [7, 11) is 0. The van der Waals surface area contributed by atoms with E-state index in [0.29, 0.717) is 43.5 Å². The van der Waals surface area contributed by atoms with Gasteiger partial charge >= 0.3 is 0 Å². The fraction of sp³-hybridized carbons (Fsp3) is 0.353. The molecule has 11 nitrogen and oxygen atoms in total. The second-order valence-electron chi connectivity index (χ2n) is 11.8. The van der Waals surface area contributed by atoms with Crippen molar-refractivity contribution in [2.45, 2.75) is 56.3 Å². The standard InChI is InChI=1S/C34H38FN5O6/c35-25-10-8-23(9-11-25)28(43)15-14-27-30(24-6-1-22(2-7-24)17-18-34(46,19-41)20-42)40(33(27)45)26-12-3-21(4-13-26)5-16-29-37-32(31(36)44)39-38-29/h1-4,6-13,27-28,30,41-43,46H,5,14-20H2,(H2,36,44)(H,37,38,39)/t27-,28+,30-/m1/s1. The van der Waals surface area contributed by atoms with E-state index in [4.69, 9.17) is 5.73 Å². The van der Waals surface area contributed by atoms with Crippen LogP contribution in [-0.4, -0.2) is 66.2 Å². The van der Waals surface area contributed by atoms with Crippen molar-refractivity contribution in [1.29, 1.82) is 0 Å². The van der Waals surface area contributed by atoms with Crippen LogP contribution in [0.2, 0.25) is 0 Å².